The van der Waals surface area contributed by atoms with Gasteiger partial charge in [0.2, 0.25) is 0 Å². The summed E-state index contributed by atoms with van der Waals surface area (Å²) in [7, 11) is 2.24. The second-order valence-corrected chi connectivity index (χ2v) is 8.86. The van der Waals surface area contributed by atoms with E-state index in [1.54, 1.807) is 0 Å². The number of likely N-dealkylation sites (N-methyl/N-ethyl adjacent to an activating group) is 1. The zero-order valence-corrected chi connectivity index (χ0v) is 16.2. The molecule has 4 nitrogen and oxygen atoms in total. The average Bonchev–Trinajstić information content (AvgIpc) is 3.40. The monoisotopic (exact) mass is 356 g/mol. The molecule has 3 aliphatic rings. The molecule has 26 heavy (non-hydrogen) atoms. The predicted octanol–water partition coefficient (Wildman–Crippen LogP) is 3.35. The van der Waals surface area contributed by atoms with Crippen LogP contribution in [-0.4, -0.2) is 61.6 Å². The Morgan fingerprint density at radius 2 is 1.92 bits per heavy atom. The van der Waals surface area contributed by atoms with Crippen LogP contribution in [0.4, 0.5) is 0 Å². The van der Waals surface area contributed by atoms with E-state index >= 15 is 0 Å². The van der Waals surface area contributed by atoms with Crippen molar-refractivity contribution in [1.29, 1.82) is 0 Å². The molecule has 0 N–H and O–H groups in total. The fourth-order valence-corrected chi connectivity index (χ4v) is 4.75. The van der Waals surface area contributed by atoms with Gasteiger partial charge in [0.1, 0.15) is 0 Å². The maximum atomic E-state index is 12.9. The Balaban J connectivity index is 1.31. The second kappa shape index (κ2) is 7.32. The van der Waals surface area contributed by atoms with Crippen LogP contribution < -0.4 is 0 Å². The number of aryl methyl sites for hydroxylation is 1. The van der Waals surface area contributed by atoms with Gasteiger partial charge in [-0.05, 0) is 69.0 Å². The summed E-state index contributed by atoms with van der Waals surface area (Å²) in [6, 6.07) is 8.49. The van der Waals surface area contributed by atoms with Gasteiger partial charge in [0.25, 0.3) is 5.91 Å². The van der Waals surface area contributed by atoms with Gasteiger partial charge >= 0.3 is 0 Å². The van der Waals surface area contributed by atoms with E-state index in [0.717, 1.165) is 62.7 Å². The van der Waals surface area contributed by atoms with E-state index in [0.29, 0.717) is 11.5 Å². The fourth-order valence-electron chi connectivity index (χ4n) is 4.75. The number of hydrogen-bond acceptors (Lipinski definition) is 3. The maximum Gasteiger partial charge on any atom is 0.254 e. The van der Waals surface area contributed by atoms with Gasteiger partial charge in [-0.15, -0.1) is 0 Å². The Morgan fingerprint density at radius 1 is 1.19 bits per heavy atom. The number of carbonyl (C=O) groups excluding carboxylic acids is 1. The van der Waals surface area contributed by atoms with Crippen LogP contribution in [0.1, 0.15) is 48.0 Å². The number of carbonyl (C=O) groups is 1. The molecule has 3 fully saturated rings. The van der Waals surface area contributed by atoms with Gasteiger partial charge in [0.15, 0.2) is 0 Å². The lowest BCUT2D eigenvalue weighted by atomic mass is 9.76. The van der Waals surface area contributed by atoms with Crippen molar-refractivity contribution >= 4 is 5.91 Å². The standard InChI is InChI=1S/C22H32N2O2/c1-17-5-3-4-6-20(17)21(25)24-11-9-22(10-12-24)13-19(23(2)16-22)15-26-14-18-7-8-18/h3-6,18-19H,7-16H2,1-2H3. The molecular weight excluding hydrogens is 324 g/mol. The molecule has 4 rings (SSSR count). The summed E-state index contributed by atoms with van der Waals surface area (Å²) in [5.41, 5.74) is 2.31. The Hall–Kier alpha value is -1.39. The largest absolute Gasteiger partial charge is 0.380 e. The third-order valence-electron chi connectivity index (χ3n) is 6.72. The maximum absolute atomic E-state index is 12.9. The number of hydrogen-bond donors (Lipinski definition) is 0. The summed E-state index contributed by atoms with van der Waals surface area (Å²) in [5.74, 6) is 1.04. The number of ether oxygens (including phenoxy) is 1. The molecule has 1 amide bonds. The van der Waals surface area contributed by atoms with Crippen molar-refractivity contribution in [3.8, 4) is 0 Å². The first-order chi connectivity index (χ1) is 12.6. The van der Waals surface area contributed by atoms with Gasteiger partial charge in [-0.1, -0.05) is 18.2 Å². The first-order valence-electron chi connectivity index (χ1n) is 10.2. The molecule has 1 aliphatic carbocycles. The molecule has 1 saturated carbocycles. The van der Waals surface area contributed by atoms with Crippen molar-refractivity contribution in [3.05, 3.63) is 35.4 Å². The number of piperidine rings is 1. The fraction of sp³-hybridized carbons (Fsp3) is 0.682. The third kappa shape index (κ3) is 3.81. The van der Waals surface area contributed by atoms with Crippen LogP contribution in [0.15, 0.2) is 24.3 Å². The van der Waals surface area contributed by atoms with Gasteiger partial charge in [0.05, 0.1) is 6.61 Å². The molecule has 0 aromatic heterocycles. The number of amides is 1. The molecule has 1 aromatic carbocycles. The van der Waals surface area contributed by atoms with Crippen molar-refractivity contribution in [2.75, 3.05) is 39.9 Å². The normalized spacial score (nSPS) is 25.8. The molecule has 2 saturated heterocycles. The summed E-state index contributed by atoms with van der Waals surface area (Å²) < 4.78 is 5.97. The van der Waals surface area contributed by atoms with E-state index in [1.165, 1.54) is 19.3 Å². The summed E-state index contributed by atoms with van der Waals surface area (Å²) >= 11 is 0. The van der Waals surface area contributed by atoms with Crippen LogP contribution >= 0.6 is 0 Å². The zero-order chi connectivity index (χ0) is 18.1. The molecule has 142 valence electrons. The van der Waals surface area contributed by atoms with E-state index < -0.39 is 0 Å². The summed E-state index contributed by atoms with van der Waals surface area (Å²) in [5, 5.41) is 0. The molecule has 2 aliphatic heterocycles. The highest BCUT2D eigenvalue weighted by Crippen LogP contribution is 2.43. The van der Waals surface area contributed by atoms with E-state index in [4.69, 9.17) is 4.74 Å². The van der Waals surface area contributed by atoms with Crippen molar-refractivity contribution < 1.29 is 9.53 Å². The molecular formula is C22H32N2O2. The van der Waals surface area contributed by atoms with Gasteiger partial charge < -0.3 is 14.5 Å². The quantitative estimate of drug-likeness (QED) is 0.811. The molecule has 4 heteroatoms. The Bertz CT molecular complexity index is 647. The first-order valence-corrected chi connectivity index (χ1v) is 10.2. The van der Waals surface area contributed by atoms with Crippen LogP contribution in [0.2, 0.25) is 0 Å². The Labute approximate surface area is 157 Å². The van der Waals surface area contributed by atoms with E-state index in [-0.39, 0.29) is 5.91 Å². The minimum atomic E-state index is 0.202. The summed E-state index contributed by atoms with van der Waals surface area (Å²) in [4.78, 5) is 17.4. The van der Waals surface area contributed by atoms with Crippen molar-refractivity contribution in [1.82, 2.24) is 9.80 Å². The highest BCUT2D eigenvalue weighted by atomic mass is 16.5. The molecule has 1 aromatic rings. The zero-order valence-electron chi connectivity index (χ0n) is 16.2. The highest BCUT2D eigenvalue weighted by molar-refractivity contribution is 5.95. The lowest BCUT2D eigenvalue weighted by Crippen LogP contribution is -2.44. The van der Waals surface area contributed by atoms with Crippen molar-refractivity contribution in [2.24, 2.45) is 11.3 Å². The van der Waals surface area contributed by atoms with E-state index in [1.807, 2.05) is 31.2 Å². The molecule has 1 spiro atoms. The lowest BCUT2D eigenvalue weighted by molar-refractivity contribution is 0.0587. The van der Waals surface area contributed by atoms with Gasteiger partial charge in [-0.2, -0.15) is 0 Å². The number of rotatable bonds is 5. The van der Waals surface area contributed by atoms with Crippen molar-refractivity contribution in [3.63, 3.8) is 0 Å². The molecule has 1 unspecified atom stereocenters. The van der Waals surface area contributed by atoms with Gasteiger partial charge in [-0.25, -0.2) is 0 Å². The molecule has 0 bridgehead atoms. The average molecular weight is 357 g/mol. The first kappa shape index (κ1) is 18.0. The Morgan fingerprint density at radius 3 is 2.62 bits per heavy atom. The van der Waals surface area contributed by atoms with E-state index in [9.17, 15) is 4.79 Å². The topological polar surface area (TPSA) is 32.8 Å². The number of benzene rings is 1. The predicted molar refractivity (Wildman–Crippen MR) is 103 cm³/mol. The molecule has 1 atom stereocenters. The summed E-state index contributed by atoms with van der Waals surface area (Å²) in [6.07, 6.45) is 6.17. The number of likely N-dealkylation sites (tertiary alicyclic amines) is 2. The SMILES string of the molecule is Cc1ccccc1C(=O)N1CCC2(CC1)CC(COCC1CC1)N(C)C2. The van der Waals surface area contributed by atoms with Gasteiger partial charge in [0, 0.05) is 37.8 Å². The third-order valence-corrected chi connectivity index (χ3v) is 6.72. The van der Waals surface area contributed by atoms with Crippen LogP contribution in [0.3, 0.4) is 0 Å². The Kier molecular flexibility index (Phi) is 5.07. The smallest absolute Gasteiger partial charge is 0.254 e. The van der Waals surface area contributed by atoms with Crippen LogP contribution in [-0.2, 0) is 4.74 Å². The van der Waals surface area contributed by atoms with E-state index in [2.05, 4.69) is 16.8 Å². The minimum Gasteiger partial charge on any atom is -0.380 e. The van der Waals surface area contributed by atoms with Crippen LogP contribution in [0, 0.1) is 18.3 Å². The van der Waals surface area contributed by atoms with Crippen LogP contribution in [0.25, 0.3) is 0 Å². The number of nitrogens with zero attached hydrogens (tertiary/aromatic N) is 2. The van der Waals surface area contributed by atoms with Crippen molar-refractivity contribution in [2.45, 2.75) is 45.1 Å². The van der Waals surface area contributed by atoms with Crippen LogP contribution in [0.5, 0.6) is 0 Å². The second-order valence-electron chi connectivity index (χ2n) is 8.86. The highest BCUT2D eigenvalue weighted by Gasteiger charge is 2.44. The minimum absolute atomic E-state index is 0.202. The van der Waals surface area contributed by atoms with Gasteiger partial charge in [-0.3, -0.25) is 4.79 Å². The molecule has 2 heterocycles. The molecule has 0 radical (unpaired) electrons. The summed E-state index contributed by atoms with van der Waals surface area (Å²) in [6.45, 7) is 6.78. The lowest BCUT2D eigenvalue weighted by Gasteiger charge is -2.39.